The zero-order chi connectivity index (χ0) is 20.1. The predicted molar refractivity (Wildman–Crippen MR) is 123 cm³/mol. The zero-order valence-corrected chi connectivity index (χ0v) is 18.6. The number of thioether (sulfide) groups is 1. The van der Waals surface area contributed by atoms with Crippen LogP contribution in [0.4, 0.5) is 5.69 Å². The maximum Gasteiger partial charge on any atom is 0.266 e. The average Bonchev–Trinajstić information content (AvgIpc) is 2.93. The molecule has 0 aliphatic carbocycles. The lowest BCUT2D eigenvalue weighted by Gasteiger charge is -2.14. The number of carbonyl (C=O) groups is 2. The fourth-order valence-electron chi connectivity index (χ4n) is 2.60. The van der Waals surface area contributed by atoms with Crippen LogP contribution in [0.25, 0.3) is 6.08 Å². The van der Waals surface area contributed by atoms with E-state index in [1.54, 1.807) is 12.1 Å². The molecule has 28 heavy (non-hydrogen) atoms. The monoisotopic (exact) mass is 494 g/mol. The topological polar surface area (TPSA) is 49.4 Å². The Bertz CT molecular complexity index is 965. The Hall–Kier alpha value is -1.67. The minimum atomic E-state index is -0.152. The van der Waals surface area contributed by atoms with Gasteiger partial charge in [0.25, 0.3) is 5.91 Å². The number of nitrogens with zero attached hydrogens (tertiary/aromatic N) is 1. The van der Waals surface area contributed by atoms with Crippen molar-refractivity contribution in [2.75, 3.05) is 11.9 Å². The Morgan fingerprint density at radius 3 is 2.68 bits per heavy atom. The second kappa shape index (κ2) is 9.69. The molecule has 144 valence electrons. The third-order valence-corrected chi connectivity index (χ3v) is 6.41. The molecule has 1 saturated heterocycles. The van der Waals surface area contributed by atoms with E-state index in [-0.39, 0.29) is 11.8 Å². The summed E-state index contributed by atoms with van der Waals surface area (Å²) in [5, 5.41) is 3.43. The maximum atomic E-state index is 12.6. The number of carbonyl (C=O) groups excluding carboxylic acids is 2. The molecule has 0 bridgehead atoms. The van der Waals surface area contributed by atoms with Crippen LogP contribution in [0.5, 0.6) is 0 Å². The summed E-state index contributed by atoms with van der Waals surface area (Å²) in [7, 11) is 0. The van der Waals surface area contributed by atoms with Crippen LogP contribution >= 0.6 is 51.5 Å². The van der Waals surface area contributed by atoms with Crippen molar-refractivity contribution in [3.8, 4) is 0 Å². The molecular formula is C20H16BrClN2O2S2. The lowest BCUT2D eigenvalue weighted by molar-refractivity contribution is -0.122. The van der Waals surface area contributed by atoms with Gasteiger partial charge in [0.05, 0.1) is 10.6 Å². The SMILES string of the molecule is O=C(CCCN1C(=O)/C(=C/c2ccccc2Cl)SC1=S)Nc1ccccc1Br. The van der Waals surface area contributed by atoms with E-state index in [0.717, 1.165) is 15.7 Å². The smallest absolute Gasteiger partial charge is 0.266 e. The van der Waals surface area contributed by atoms with Gasteiger partial charge >= 0.3 is 0 Å². The van der Waals surface area contributed by atoms with Gasteiger partial charge in [-0.3, -0.25) is 14.5 Å². The molecule has 4 nitrogen and oxygen atoms in total. The van der Waals surface area contributed by atoms with E-state index >= 15 is 0 Å². The number of rotatable bonds is 6. The average molecular weight is 496 g/mol. The van der Waals surface area contributed by atoms with E-state index in [2.05, 4.69) is 21.2 Å². The first-order valence-corrected chi connectivity index (χ1v) is 10.9. The first kappa shape index (κ1) is 21.0. The van der Waals surface area contributed by atoms with Crippen molar-refractivity contribution in [3.05, 3.63) is 68.5 Å². The summed E-state index contributed by atoms with van der Waals surface area (Å²) in [6.45, 7) is 0.397. The largest absolute Gasteiger partial charge is 0.325 e. The molecule has 2 aromatic carbocycles. The van der Waals surface area contributed by atoms with E-state index in [4.69, 9.17) is 23.8 Å². The number of nitrogens with one attached hydrogen (secondary N) is 1. The molecule has 1 fully saturated rings. The molecule has 1 N–H and O–H groups in total. The Morgan fingerprint density at radius 1 is 1.21 bits per heavy atom. The number of amides is 2. The lowest BCUT2D eigenvalue weighted by Crippen LogP contribution is -2.29. The first-order valence-electron chi connectivity index (χ1n) is 8.50. The van der Waals surface area contributed by atoms with Gasteiger partial charge in [-0.2, -0.15) is 0 Å². The Balaban J connectivity index is 1.56. The van der Waals surface area contributed by atoms with E-state index in [1.807, 2.05) is 42.5 Å². The Labute approximate surface area is 186 Å². The van der Waals surface area contributed by atoms with Gasteiger partial charge in [0, 0.05) is 22.5 Å². The summed E-state index contributed by atoms with van der Waals surface area (Å²) in [5.41, 5.74) is 1.50. The van der Waals surface area contributed by atoms with Crippen molar-refractivity contribution >= 4 is 79.4 Å². The normalized spacial score (nSPS) is 15.4. The second-order valence-electron chi connectivity index (χ2n) is 5.99. The third kappa shape index (κ3) is 5.23. The molecule has 1 aliphatic heterocycles. The van der Waals surface area contributed by atoms with Gasteiger partial charge in [0.15, 0.2) is 0 Å². The molecule has 0 radical (unpaired) electrons. The van der Waals surface area contributed by atoms with Crippen molar-refractivity contribution in [1.82, 2.24) is 4.90 Å². The molecule has 0 aromatic heterocycles. The molecule has 3 rings (SSSR count). The van der Waals surface area contributed by atoms with E-state index < -0.39 is 0 Å². The maximum absolute atomic E-state index is 12.6. The summed E-state index contributed by atoms with van der Waals surface area (Å²) in [4.78, 5) is 26.9. The number of para-hydroxylation sites is 1. The zero-order valence-electron chi connectivity index (χ0n) is 14.7. The van der Waals surface area contributed by atoms with Gasteiger partial charge in [-0.05, 0) is 52.2 Å². The number of thiocarbonyl (C=S) groups is 1. The Kier molecular flexibility index (Phi) is 7.29. The molecule has 1 aliphatic rings. The molecule has 0 atom stereocenters. The van der Waals surface area contributed by atoms with Crippen molar-refractivity contribution in [3.63, 3.8) is 0 Å². The van der Waals surface area contributed by atoms with Crippen LogP contribution in [-0.4, -0.2) is 27.6 Å². The number of hydrogen-bond acceptors (Lipinski definition) is 4. The number of halogens is 2. The summed E-state index contributed by atoms with van der Waals surface area (Å²) < 4.78 is 1.32. The Morgan fingerprint density at radius 2 is 1.93 bits per heavy atom. The van der Waals surface area contributed by atoms with Gasteiger partial charge in [-0.25, -0.2) is 0 Å². The minimum absolute atomic E-state index is 0.107. The fourth-order valence-corrected chi connectivity index (χ4v) is 4.47. The molecule has 0 spiro atoms. The highest BCUT2D eigenvalue weighted by molar-refractivity contribution is 9.10. The second-order valence-corrected chi connectivity index (χ2v) is 8.92. The number of hydrogen-bond donors (Lipinski definition) is 1. The van der Waals surface area contributed by atoms with Gasteiger partial charge in [0.2, 0.25) is 5.91 Å². The summed E-state index contributed by atoms with van der Waals surface area (Å²) in [5.74, 6) is -0.259. The number of anilines is 1. The van der Waals surface area contributed by atoms with Crippen molar-refractivity contribution in [2.24, 2.45) is 0 Å². The van der Waals surface area contributed by atoms with Crippen LogP contribution in [0, 0.1) is 0 Å². The molecule has 8 heteroatoms. The standard InChI is InChI=1S/C20H16BrClN2O2S2/c21-14-7-2-4-9-16(14)23-18(25)10-5-11-24-19(26)17(28-20(24)27)12-13-6-1-3-8-15(13)22/h1-4,6-9,12H,5,10-11H2,(H,23,25)/b17-12-. The van der Waals surface area contributed by atoms with Gasteiger partial charge in [-0.15, -0.1) is 0 Å². The van der Waals surface area contributed by atoms with Crippen LogP contribution in [0.15, 0.2) is 57.9 Å². The van der Waals surface area contributed by atoms with E-state index in [9.17, 15) is 9.59 Å². The predicted octanol–water partition coefficient (Wildman–Crippen LogP) is 5.72. The lowest BCUT2D eigenvalue weighted by atomic mass is 10.2. The highest BCUT2D eigenvalue weighted by atomic mass is 79.9. The minimum Gasteiger partial charge on any atom is -0.325 e. The third-order valence-electron chi connectivity index (χ3n) is 4.00. The molecule has 0 unspecified atom stereocenters. The highest BCUT2D eigenvalue weighted by Gasteiger charge is 2.31. The van der Waals surface area contributed by atoms with Crippen LogP contribution in [0.3, 0.4) is 0 Å². The van der Waals surface area contributed by atoms with Crippen molar-refractivity contribution in [2.45, 2.75) is 12.8 Å². The molecular weight excluding hydrogens is 480 g/mol. The highest BCUT2D eigenvalue weighted by Crippen LogP contribution is 2.33. The molecule has 2 amide bonds. The van der Waals surface area contributed by atoms with Crippen LogP contribution in [0.1, 0.15) is 18.4 Å². The van der Waals surface area contributed by atoms with E-state index in [1.165, 1.54) is 16.7 Å². The molecule has 0 saturated carbocycles. The fraction of sp³-hybridized carbons (Fsp3) is 0.150. The first-order chi connectivity index (χ1) is 13.5. The molecule has 2 aromatic rings. The van der Waals surface area contributed by atoms with Gasteiger partial charge < -0.3 is 5.32 Å². The van der Waals surface area contributed by atoms with Gasteiger partial charge in [-0.1, -0.05) is 65.9 Å². The van der Waals surface area contributed by atoms with E-state index in [0.29, 0.717) is 33.6 Å². The summed E-state index contributed by atoms with van der Waals surface area (Å²) in [6.07, 6.45) is 2.56. The van der Waals surface area contributed by atoms with Crippen LogP contribution in [-0.2, 0) is 9.59 Å². The summed E-state index contributed by atoms with van der Waals surface area (Å²) >= 11 is 16.1. The molecule has 1 heterocycles. The van der Waals surface area contributed by atoms with Crippen molar-refractivity contribution in [1.29, 1.82) is 0 Å². The van der Waals surface area contributed by atoms with Crippen LogP contribution in [0.2, 0.25) is 5.02 Å². The van der Waals surface area contributed by atoms with Gasteiger partial charge in [0.1, 0.15) is 4.32 Å². The quantitative estimate of drug-likeness (QED) is 0.411. The van der Waals surface area contributed by atoms with Crippen molar-refractivity contribution < 1.29 is 9.59 Å². The number of benzene rings is 2. The summed E-state index contributed by atoms with van der Waals surface area (Å²) in [6, 6.07) is 14.7. The van der Waals surface area contributed by atoms with Crippen LogP contribution < -0.4 is 5.32 Å².